The normalized spacial score (nSPS) is 11.0. The second-order valence-electron chi connectivity index (χ2n) is 5.89. The van der Waals surface area contributed by atoms with Crippen LogP contribution in [-0.4, -0.2) is 5.91 Å². The van der Waals surface area contributed by atoms with E-state index in [1.165, 1.54) is 0 Å². The van der Waals surface area contributed by atoms with Crippen LogP contribution < -0.4 is 10.6 Å². The summed E-state index contributed by atoms with van der Waals surface area (Å²) >= 11 is 3.50. The first-order valence-corrected chi connectivity index (χ1v) is 7.58. The van der Waals surface area contributed by atoms with E-state index >= 15 is 0 Å². The minimum Gasteiger partial charge on any atom is -0.355 e. The van der Waals surface area contributed by atoms with Crippen LogP contribution in [0, 0.1) is 5.41 Å². The summed E-state index contributed by atoms with van der Waals surface area (Å²) in [6.07, 6.45) is 0. The second kappa shape index (κ2) is 6.31. The molecule has 0 bridgehead atoms. The molecule has 3 nitrogen and oxygen atoms in total. The first-order valence-electron chi connectivity index (χ1n) is 6.79. The van der Waals surface area contributed by atoms with Gasteiger partial charge in [-0.2, -0.15) is 0 Å². The number of halogens is 1. The van der Waals surface area contributed by atoms with Crippen molar-refractivity contribution in [1.29, 1.82) is 0 Å². The zero-order valence-corrected chi connectivity index (χ0v) is 14.0. The van der Waals surface area contributed by atoms with E-state index in [1.54, 1.807) is 0 Å². The van der Waals surface area contributed by atoms with Gasteiger partial charge in [-0.15, -0.1) is 0 Å². The molecule has 0 saturated heterocycles. The Hall–Kier alpha value is -1.81. The Bertz CT molecular complexity index is 630. The number of para-hydroxylation sites is 1. The van der Waals surface area contributed by atoms with Crippen molar-refractivity contribution in [2.45, 2.75) is 20.8 Å². The highest BCUT2D eigenvalue weighted by atomic mass is 79.9. The van der Waals surface area contributed by atoms with Gasteiger partial charge in [0.1, 0.15) is 0 Å². The zero-order chi connectivity index (χ0) is 15.5. The minimum absolute atomic E-state index is 0.00835. The molecule has 0 atom stereocenters. The lowest BCUT2D eigenvalue weighted by molar-refractivity contribution is -0.123. The number of rotatable bonds is 3. The van der Waals surface area contributed by atoms with Gasteiger partial charge < -0.3 is 10.6 Å². The Kier molecular flexibility index (Phi) is 4.68. The number of carbonyl (C=O) groups excluding carboxylic acids is 1. The van der Waals surface area contributed by atoms with Crippen LogP contribution in [0.1, 0.15) is 20.8 Å². The Labute approximate surface area is 133 Å². The highest BCUT2D eigenvalue weighted by Crippen LogP contribution is 2.26. The first kappa shape index (κ1) is 15.6. The van der Waals surface area contributed by atoms with Gasteiger partial charge in [0, 0.05) is 21.3 Å². The largest absolute Gasteiger partial charge is 0.355 e. The summed E-state index contributed by atoms with van der Waals surface area (Å²) in [4.78, 5) is 11.9. The van der Waals surface area contributed by atoms with Crippen LogP contribution >= 0.6 is 15.9 Å². The lowest BCUT2D eigenvalue weighted by Gasteiger charge is -2.18. The van der Waals surface area contributed by atoms with E-state index in [4.69, 9.17) is 0 Å². The monoisotopic (exact) mass is 346 g/mol. The highest BCUT2D eigenvalue weighted by molar-refractivity contribution is 9.10. The fourth-order valence-corrected chi connectivity index (χ4v) is 2.06. The van der Waals surface area contributed by atoms with Gasteiger partial charge in [0.2, 0.25) is 5.91 Å². The molecule has 0 aliphatic carbocycles. The predicted molar refractivity (Wildman–Crippen MR) is 92.0 cm³/mol. The molecule has 4 heteroatoms. The fourth-order valence-electron chi connectivity index (χ4n) is 1.67. The summed E-state index contributed by atoms with van der Waals surface area (Å²) in [7, 11) is 0. The summed E-state index contributed by atoms with van der Waals surface area (Å²) in [5, 5.41) is 6.23. The molecule has 0 unspecified atom stereocenters. The van der Waals surface area contributed by atoms with Crippen molar-refractivity contribution in [2.75, 3.05) is 10.6 Å². The summed E-state index contributed by atoms with van der Waals surface area (Å²) < 4.78 is 1.01. The summed E-state index contributed by atoms with van der Waals surface area (Å²) in [5.74, 6) is 0.00835. The number of carbonyl (C=O) groups is 1. The van der Waals surface area contributed by atoms with Crippen molar-refractivity contribution >= 4 is 38.9 Å². The van der Waals surface area contributed by atoms with Crippen molar-refractivity contribution in [1.82, 2.24) is 0 Å². The molecule has 2 aromatic carbocycles. The Morgan fingerprint density at radius 1 is 0.952 bits per heavy atom. The molecule has 110 valence electrons. The maximum absolute atomic E-state index is 11.9. The maximum Gasteiger partial charge on any atom is 0.229 e. The molecule has 21 heavy (non-hydrogen) atoms. The summed E-state index contributed by atoms with van der Waals surface area (Å²) in [6.45, 7) is 5.68. The molecule has 2 N–H and O–H groups in total. The number of anilines is 3. The lowest BCUT2D eigenvalue weighted by Crippen LogP contribution is -2.27. The number of hydrogen-bond donors (Lipinski definition) is 2. The van der Waals surface area contributed by atoms with Crippen LogP contribution in [0.15, 0.2) is 53.0 Å². The number of amides is 1. The van der Waals surface area contributed by atoms with Gasteiger partial charge in [-0.25, -0.2) is 0 Å². The third kappa shape index (κ3) is 4.33. The Morgan fingerprint density at radius 2 is 1.52 bits per heavy atom. The Morgan fingerprint density at radius 3 is 2.10 bits per heavy atom. The molecular weight excluding hydrogens is 328 g/mol. The van der Waals surface area contributed by atoms with Gasteiger partial charge in [0.15, 0.2) is 0 Å². The molecule has 0 heterocycles. The average Bonchev–Trinajstić information content (AvgIpc) is 2.42. The molecule has 2 aromatic rings. The number of hydrogen-bond acceptors (Lipinski definition) is 2. The molecule has 0 radical (unpaired) electrons. The van der Waals surface area contributed by atoms with Crippen LogP contribution in [0.25, 0.3) is 0 Å². The Balaban J connectivity index is 2.06. The van der Waals surface area contributed by atoms with Crippen molar-refractivity contribution in [2.24, 2.45) is 5.41 Å². The third-order valence-corrected chi connectivity index (χ3v) is 3.67. The molecule has 1 amide bonds. The SMILES string of the molecule is CC(C)(C)C(=O)Nc1ccc(Nc2ccccc2Br)cc1. The van der Waals surface area contributed by atoms with Gasteiger partial charge >= 0.3 is 0 Å². The van der Waals surface area contributed by atoms with Gasteiger partial charge in [0.25, 0.3) is 0 Å². The van der Waals surface area contributed by atoms with Gasteiger partial charge in [0.05, 0.1) is 5.69 Å². The summed E-state index contributed by atoms with van der Waals surface area (Å²) in [5.41, 5.74) is 2.37. The van der Waals surface area contributed by atoms with Gasteiger partial charge in [-0.05, 0) is 52.3 Å². The number of benzene rings is 2. The first-order chi connectivity index (χ1) is 9.86. The fraction of sp³-hybridized carbons (Fsp3) is 0.235. The zero-order valence-electron chi connectivity index (χ0n) is 12.4. The van der Waals surface area contributed by atoms with E-state index in [0.29, 0.717) is 0 Å². The summed E-state index contributed by atoms with van der Waals surface area (Å²) in [6, 6.07) is 15.6. The maximum atomic E-state index is 11.9. The van der Waals surface area contributed by atoms with E-state index in [9.17, 15) is 4.79 Å². The van der Waals surface area contributed by atoms with Crippen LogP contribution in [-0.2, 0) is 4.79 Å². The molecular formula is C17H19BrN2O. The molecule has 0 aliphatic rings. The van der Waals surface area contributed by atoms with E-state index in [-0.39, 0.29) is 5.91 Å². The van der Waals surface area contributed by atoms with E-state index in [2.05, 4.69) is 26.6 Å². The second-order valence-corrected chi connectivity index (χ2v) is 6.74. The molecule has 0 spiro atoms. The van der Waals surface area contributed by atoms with E-state index in [1.807, 2.05) is 69.3 Å². The predicted octanol–water partition coefficient (Wildman–Crippen LogP) is 5.18. The van der Waals surface area contributed by atoms with Crippen molar-refractivity contribution < 1.29 is 4.79 Å². The van der Waals surface area contributed by atoms with Crippen LogP contribution in [0.2, 0.25) is 0 Å². The van der Waals surface area contributed by atoms with Gasteiger partial charge in [-0.3, -0.25) is 4.79 Å². The van der Waals surface area contributed by atoms with Crippen LogP contribution in [0.4, 0.5) is 17.1 Å². The van der Waals surface area contributed by atoms with Crippen molar-refractivity contribution in [3.63, 3.8) is 0 Å². The number of nitrogens with one attached hydrogen (secondary N) is 2. The smallest absolute Gasteiger partial charge is 0.229 e. The van der Waals surface area contributed by atoms with Crippen LogP contribution in [0.5, 0.6) is 0 Å². The molecule has 0 aromatic heterocycles. The molecule has 0 aliphatic heterocycles. The third-order valence-electron chi connectivity index (χ3n) is 2.98. The minimum atomic E-state index is -0.397. The van der Waals surface area contributed by atoms with Crippen molar-refractivity contribution in [3.05, 3.63) is 53.0 Å². The molecule has 2 rings (SSSR count). The average molecular weight is 347 g/mol. The molecule has 0 saturated carbocycles. The lowest BCUT2D eigenvalue weighted by atomic mass is 9.95. The molecule has 0 fully saturated rings. The standard InChI is InChI=1S/C17H19BrN2O/c1-17(2,3)16(21)20-13-10-8-12(9-11-13)19-15-7-5-4-6-14(15)18/h4-11,19H,1-3H3,(H,20,21). The topological polar surface area (TPSA) is 41.1 Å². The van der Waals surface area contributed by atoms with E-state index in [0.717, 1.165) is 21.5 Å². The van der Waals surface area contributed by atoms with Crippen molar-refractivity contribution in [3.8, 4) is 0 Å². The van der Waals surface area contributed by atoms with E-state index < -0.39 is 5.41 Å². The van der Waals surface area contributed by atoms with Crippen LogP contribution in [0.3, 0.4) is 0 Å². The quantitative estimate of drug-likeness (QED) is 0.803. The van der Waals surface area contributed by atoms with Gasteiger partial charge in [-0.1, -0.05) is 32.9 Å². The highest BCUT2D eigenvalue weighted by Gasteiger charge is 2.20.